The Bertz CT molecular complexity index is 660. The molecule has 0 saturated heterocycles. The Balaban J connectivity index is 2.39. The number of aliphatic hydroxyl groups is 1. The third-order valence-electron chi connectivity index (χ3n) is 4.20. The molecule has 1 heteroatoms. The highest BCUT2D eigenvalue weighted by Crippen LogP contribution is 2.52. The summed E-state index contributed by atoms with van der Waals surface area (Å²) in [6.07, 6.45) is 7.13. The van der Waals surface area contributed by atoms with Gasteiger partial charge in [-0.2, -0.15) is 0 Å². The molecule has 0 aromatic heterocycles. The molecule has 3 rings (SSSR count). The number of terminal acetylenes is 1. The third-order valence-corrected chi connectivity index (χ3v) is 4.20. The van der Waals surface area contributed by atoms with E-state index in [1.54, 1.807) is 0 Å². The molecule has 20 heavy (non-hydrogen) atoms. The predicted molar refractivity (Wildman–Crippen MR) is 82.3 cm³/mol. The Hall–Kier alpha value is -2.30. The highest BCUT2D eigenvalue weighted by molar-refractivity contribution is 5.81. The first-order valence-corrected chi connectivity index (χ1v) is 6.70. The molecule has 0 spiro atoms. The van der Waals surface area contributed by atoms with Crippen LogP contribution in [0.2, 0.25) is 0 Å². The fourth-order valence-electron chi connectivity index (χ4n) is 3.36. The van der Waals surface area contributed by atoms with Crippen LogP contribution >= 0.6 is 0 Å². The first-order chi connectivity index (χ1) is 9.75. The normalized spacial score (nSPS) is 15.8. The lowest BCUT2D eigenvalue weighted by Crippen LogP contribution is -2.37. The Morgan fingerprint density at radius 2 is 1.60 bits per heavy atom. The molecule has 1 N–H and O–H groups in total. The maximum Gasteiger partial charge on any atom is 0.128 e. The number of benzene rings is 2. The van der Waals surface area contributed by atoms with Crippen molar-refractivity contribution in [1.29, 1.82) is 0 Å². The molecular weight excluding hydrogens is 244 g/mol. The minimum Gasteiger partial charge on any atom is -0.379 e. The van der Waals surface area contributed by atoms with Crippen LogP contribution in [0.25, 0.3) is 11.1 Å². The van der Waals surface area contributed by atoms with Crippen LogP contribution in [0.15, 0.2) is 61.2 Å². The van der Waals surface area contributed by atoms with E-state index < -0.39 is 11.5 Å². The molecule has 0 aliphatic heterocycles. The van der Waals surface area contributed by atoms with Crippen LogP contribution < -0.4 is 0 Å². The summed E-state index contributed by atoms with van der Waals surface area (Å²) in [5.41, 5.74) is 3.90. The number of allylic oxidation sites excluding steroid dienone is 1. The van der Waals surface area contributed by atoms with Gasteiger partial charge in [0.25, 0.3) is 0 Å². The van der Waals surface area contributed by atoms with Crippen molar-refractivity contribution in [1.82, 2.24) is 0 Å². The maximum absolute atomic E-state index is 10.5. The van der Waals surface area contributed by atoms with Gasteiger partial charge in [-0.1, -0.05) is 60.5 Å². The molecule has 2 aromatic rings. The Morgan fingerprint density at radius 3 is 2.05 bits per heavy atom. The van der Waals surface area contributed by atoms with Crippen LogP contribution in [0.5, 0.6) is 0 Å². The molecule has 0 fully saturated rings. The van der Waals surface area contributed by atoms with Gasteiger partial charge in [-0.3, -0.25) is 0 Å². The van der Waals surface area contributed by atoms with Gasteiger partial charge in [0.05, 0.1) is 5.41 Å². The topological polar surface area (TPSA) is 20.2 Å². The van der Waals surface area contributed by atoms with Gasteiger partial charge in [0, 0.05) is 0 Å². The lowest BCUT2D eigenvalue weighted by atomic mass is 9.71. The number of fused-ring (bicyclic) bond motifs is 3. The lowest BCUT2D eigenvalue weighted by molar-refractivity contribution is 0.159. The zero-order chi connectivity index (χ0) is 14.2. The van der Waals surface area contributed by atoms with Crippen molar-refractivity contribution in [3.05, 3.63) is 72.3 Å². The lowest BCUT2D eigenvalue weighted by Gasteiger charge is -2.33. The molecule has 1 unspecified atom stereocenters. The van der Waals surface area contributed by atoms with E-state index in [4.69, 9.17) is 6.42 Å². The maximum atomic E-state index is 10.5. The average Bonchev–Trinajstić information content (AvgIpc) is 2.79. The quantitative estimate of drug-likeness (QED) is 0.661. The van der Waals surface area contributed by atoms with E-state index in [2.05, 4.69) is 36.8 Å². The number of aliphatic hydroxyl groups excluding tert-OH is 1. The molecule has 2 aromatic carbocycles. The van der Waals surface area contributed by atoms with Crippen LogP contribution in [-0.4, -0.2) is 11.2 Å². The second-order valence-electron chi connectivity index (χ2n) is 5.12. The van der Waals surface area contributed by atoms with Crippen LogP contribution in [0.3, 0.4) is 0 Å². The van der Waals surface area contributed by atoms with Gasteiger partial charge in [-0.05, 0) is 28.7 Å². The van der Waals surface area contributed by atoms with E-state index in [-0.39, 0.29) is 0 Å². The summed E-state index contributed by atoms with van der Waals surface area (Å²) in [6.45, 7) is 3.85. The first-order valence-electron chi connectivity index (χ1n) is 6.70. The van der Waals surface area contributed by atoms with E-state index in [1.165, 1.54) is 0 Å². The Kier molecular flexibility index (Phi) is 2.97. The minimum absolute atomic E-state index is 0.580. The summed E-state index contributed by atoms with van der Waals surface area (Å²) in [6, 6.07) is 16.3. The highest BCUT2D eigenvalue weighted by Gasteiger charge is 2.46. The molecule has 1 nitrogen and oxygen atoms in total. The zero-order valence-electron chi connectivity index (χ0n) is 11.2. The largest absolute Gasteiger partial charge is 0.379 e. The van der Waals surface area contributed by atoms with E-state index >= 15 is 0 Å². The summed E-state index contributed by atoms with van der Waals surface area (Å²) in [7, 11) is 0. The van der Waals surface area contributed by atoms with Crippen molar-refractivity contribution in [3.63, 3.8) is 0 Å². The van der Waals surface area contributed by atoms with Crippen molar-refractivity contribution in [2.75, 3.05) is 0 Å². The standard InChI is InChI=1S/C19H16O/c1-3-13-19(18(20)4-2)16-11-7-5-9-14(16)15-10-6-8-12-17(15)19/h2-3,5-12,18,20H,1,13H2. The fourth-order valence-corrected chi connectivity index (χ4v) is 3.36. The SMILES string of the molecule is C#CC(O)C1(CC=C)c2ccccc2-c2ccccc21. The summed E-state index contributed by atoms with van der Waals surface area (Å²) in [5.74, 6) is 2.52. The van der Waals surface area contributed by atoms with Gasteiger partial charge in [0.2, 0.25) is 0 Å². The molecule has 0 amide bonds. The number of rotatable bonds is 3. The van der Waals surface area contributed by atoms with E-state index in [9.17, 15) is 5.11 Å². The average molecular weight is 260 g/mol. The second kappa shape index (κ2) is 4.67. The van der Waals surface area contributed by atoms with E-state index in [0.29, 0.717) is 6.42 Å². The van der Waals surface area contributed by atoms with Crippen molar-refractivity contribution in [2.24, 2.45) is 0 Å². The minimum atomic E-state index is -0.870. The van der Waals surface area contributed by atoms with Gasteiger partial charge < -0.3 is 5.11 Å². The smallest absolute Gasteiger partial charge is 0.128 e. The van der Waals surface area contributed by atoms with Gasteiger partial charge in [0.15, 0.2) is 0 Å². The molecule has 1 atom stereocenters. The van der Waals surface area contributed by atoms with Crippen LogP contribution in [0.1, 0.15) is 17.5 Å². The van der Waals surface area contributed by atoms with Crippen molar-refractivity contribution in [2.45, 2.75) is 17.9 Å². The van der Waals surface area contributed by atoms with Crippen LogP contribution in [0, 0.1) is 12.3 Å². The molecule has 1 aliphatic carbocycles. The van der Waals surface area contributed by atoms with Gasteiger partial charge in [0.1, 0.15) is 6.10 Å². The first kappa shape index (κ1) is 12.7. The second-order valence-corrected chi connectivity index (χ2v) is 5.12. The molecule has 0 saturated carbocycles. The monoisotopic (exact) mass is 260 g/mol. The Morgan fingerprint density at radius 1 is 1.10 bits per heavy atom. The molecule has 0 radical (unpaired) electrons. The number of hydrogen-bond acceptors (Lipinski definition) is 1. The summed E-state index contributed by atoms with van der Waals surface area (Å²) in [4.78, 5) is 0. The summed E-state index contributed by atoms with van der Waals surface area (Å²) in [5, 5.41) is 10.5. The molecule has 1 aliphatic rings. The van der Waals surface area contributed by atoms with Crippen LogP contribution in [0.4, 0.5) is 0 Å². The van der Waals surface area contributed by atoms with Crippen molar-refractivity contribution >= 4 is 0 Å². The summed E-state index contributed by atoms with van der Waals surface area (Å²) < 4.78 is 0. The molecule has 0 heterocycles. The van der Waals surface area contributed by atoms with Crippen molar-refractivity contribution in [3.8, 4) is 23.5 Å². The molecule has 98 valence electrons. The molecule has 0 bridgehead atoms. The molecular formula is C19H16O. The number of hydrogen-bond donors (Lipinski definition) is 1. The Labute approximate surface area is 119 Å². The van der Waals surface area contributed by atoms with E-state index in [0.717, 1.165) is 22.3 Å². The predicted octanol–water partition coefficient (Wildman–Crippen LogP) is 3.52. The van der Waals surface area contributed by atoms with Crippen molar-refractivity contribution < 1.29 is 5.11 Å². The van der Waals surface area contributed by atoms with Crippen LogP contribution in [-0.2, 0) is 5.41 Å². The van der Waals surface area contributed by atoms with E-state index in [1.807, 2.05) is 30.3 Å². The summed E-state index contributed by atoms with van der Waals surface area (Å²) >= 11 is 0. The van der Waals surface area contributed by atoms with Gasteiger partial charge in [-0.25, -0.2) is 0 Å². The highest BCUT2D eigenvalue weighted by atomic mass is 16.3. The van der Waals surface area contributed by atoms with Gasteiger partial charge >= 0.3 is 0 Å². The zero-order valence-corrected chi connectivity index (χ0v) is 11.2. The fraction of sp³-hybridized carbons (Fsp3) is 0.158. The van der Waals surface area contributed by atoms with Gasteiger partial charge in [-0.15, -0.1) is 13.0 Å². The third kappa shape index (κ3) is 1.49.